The Morgan fingerprint density at radius 3 is 2.48 bits per heavy atom. The van der Waals surface area contributed by atoms with E-state index in [1.54, 1.807) is 12.3 Å². The zero-order valence-corrected chi connectivity index (χ0v) is 15.4. The summed E-state index contributed by atoms with van der Waals surface area (Å²) in [5, 5.41) is 2.55. The van der Waals surface area contributed by atoms with Gasteiger partial charge in [-0.2, -0.15) is 0 Å². The molecule has 0 saturated carbocycles. The van der Waals surface area contributed by atoms with E-state index in [1.807, 2.05) is 4.90 Å². The standard InChI is InChI=1S/C22H23N3O2/c1-16(26)19-13-21(23-14-19)22(27)25-11-9-24(10-12-25)15-18-7-4-6-17-5-2-3-8-20(17)18/h2-8,13-14,23H,9-12,15H2,1H3. The zero-order chi connectivity index (χ0) is 18.8. The van der Waals surface area contributed by atoms with Crippen molar-refractivity contribution in [1.29, 1.82) is 0 Å². The number of hydrogen-bond donors (Lipinski definition) is 1. The third-order valence-electron chi connectivity index (χ3n) is 5.25. The van der Waals surface area contributed by atoms with Crippen molar-refractivity contribution in [2.45, 2.75) is 13.5 Å². The largest absolute Gasteiger partial charge is 0.356 e. The molecule has 2 aromatic carbocycles. The second-order valence-corrected chi connectivity index (χ2v) is 7.06. The van der Waals surface area contributed by atoms with Crippen LogP contribution in [0.15, 0.2) is 54.7 Å². The Morgan fingerprint density at radius 2 is 1.74 bits per heavy atom. The van der Waals surface area contributed by atoms with Gasteiger partial charge in [0.05, 0.1) is 0 Å². The lowest BCUT2D eigenvalue weighted by molar-refractivity contribution is 0.0624. The second-order valence-electron chi connectivity index (χ2n) is 7.06. The average Bonchev–Trinajstić information content (AvgIpc) is 3.19. The Morgan fingerprint density at radius 1 is 1.00 bits per heavy atom. The van der Waals surface area contributed by atoms with Gasteiger partial charge in [0.2, 0.25) is 0 Å². The van der Waals surface area contributed by atoms with Crippen LogP contribution in [0.1, 0.15) is 33.3 Å². The van der Waals surface area contributed by atoms with Crippen molar-refractivity contribution in [3.8, 4) is 0 Å². The van der Waals surface area contributed by atoms with Crippen LogP contribution in [0.3, 0.4) is 0 Å². The number of fused-ring (bicyclic) bond motifs is 1. The molecule has 1 N–H and O–H groups in total. The van der Waals surface area contributed by atoms with E-state index in [2.05, 4.69) is 52.3 Å². The third-order valence-corrected chi connectivity index (χ3v) is 5.25. The number of aromatic amines is 1. The van der Waals surface area contributed by atoms with Gasteiger partial charge in [0.1, 0.15) is 5.69 Å². The highest BCUT2D eigenvalue weighted by Crippen LogP contribution is 2.21. The monoisotopic (exact) mass is 361 g/mol. The number of rotatable bonds is 4. The molecule has 0 bridgehead atoms. The van der Waals surface area contributed by atoms with Crippen LogP contribution in [0.4, 0.5) is 0 Å². The summed E-state index contributed by atoms with van der Waals surface area (Å²) in [7, 11) is 0. The van der Waals surface area contributed by atoms with Crippen LogP contribution in [0.2, 0.25) is 0 Å². The molecular formula is C22H23N3O2. The number of ketones is 1. The summed E-state index contributed by atoms with van der Waals surface area (Å²) in [4.78, 5) is 31.2. The molecule has 2 heterocycles. The summed E-state index contributed by atoms with van der Waals surface area (Å²) in [5.74, 6) is -0.0717. The van der Waals surface area contributed by atoms with Gasteiger partial charge in [0.25, 0.3) is 5.91 Å². The number of H-pyrrole nitrogens is 1. The number of piperazine rings is 1. The molecule has 1 aliphatic rings. The molecule has 1 fully saturated rings. The molecule has 5 nitrogen and oxygen atoms in total. The van der Waals surface area contributed by atoms with Gasteiger partial charge < -0.3 is 9.88 Å². The van der Waals surface area contributed by atoms with E-state index in [0.29, 0.717) is 24.3 Å². The lowest BCUT2D eigenvalue weighted by atomic mass is 10.0. The van der Waals surface area contributed by atoms with Gasteiger partial charge in [-0.3, -0.25) is 14.5 Å². The van der Waals surface area contributed by atoms with Gasteiger partial charge in [-0.1, -0.05) is 42.5 Å². The van der Waals surface area contributed by atoms with E-state index in [1.165, 1.54) is 23.3 Å². The van der Waals surface area contributed by atoms with Crippen molar-refractivity contribution >= 4 is 22.5 Å². The molecule has 4 rings (SSSR count). The molecule has 1 aliphatic heterocycles. The van der Waals surface area contributed by atoms with Crippen LogP contribution in [0, 0.1) is 0 Å². The van der Waals surface area contributed by atoms with Gasteiger partial charge in [-0.15, -0.1) is 0 Å². The fourth-order valence-electron chi connectivity index (χ4n) is 3.67. The molecule has 0 aliphatic carbocycles. The predicted octanol–water partition coefficient (Wildman–Crippen LogP) is 3.33. The Labute approximate surface area is 158 Å². The minimum atomic E-state index is -0.0368. The lowest BCUT2D eigenvalue weighted by Gasteiger charge is -2.34. The van der Waals surface area contributed by atoms with Crippen molar-refractivity contribution in [3.63, 3.8) is 0 Å². The molecule has 1 aromatic heterocycles. The van der Waals surface area contributed by atoms with Gasteiger partial charge >= 0.3 is 0 Å². The van der Waals surface area contributed by atoms with Crippen molar-refractivity contribution in [2.75, 3.05) is 26.2 Å². The van der Waals surface area contributed by atoms with Crippen LogP contribution in [0.25, 0.3) is 10.8 Å². The number of aromatic nitrogens is 1. The minimum absolute atomic E-state index is 0.0349. The number of amides is 1. The summed E-state index contributed by atoms with van der Waals surface area (Å²) in [5.41, 5.74) is 2.36. The van der Waals surface area contributed by atoms with E-state index in [4.69, 9.17) is 0 Å². The number of Topliss-reactive ketones (excluding diaryl/α,β-unsaturated/α-hetero) is 1. The average molecular weight is 361 g/mol. The molecule has 0 spiro atoms. The molecule has 0 unspecified atom stereocenters. The fraction of sp³-hybridized carbons (Fsp3) is 0.273. The smallest absolute Gasteiger partial charge is 0.270 e. The molecule has 27 heavy (non-hydrogen) atoms. The number of nitrogens with one attached hydrogen (secondary N) is 1. The fourth-order valence-corrected chi connectivity index (χ4v) is 3.67. The first-order valence-corrected chi connectivity index (χ1v) is 9.29. The lowest BCUT2D eigenvalue weighted by Crippen LogP contribution is -2.48. The molecule has 0 radical (unpaired) electrons. The topological polar surface area (TPSA) is 56.4 Å². The molecule has 5 heteroatoms. The zero-order valence-electron chi connectivity index (χ0n) is 15.4. The number of carbonyl (C=O) groups is 2. The van der Waals surface area contributed by atoms with Crippen LogP contribution in [-0.4, -0.2) is 52.7 Å². The highest BCUT2D eigenvalue weighted by molar-refractivity contribution is 5.99. The van der Waals surface area contributed by atoms with Crippen molar-refractivity contribution in [2.24, 2.45) is 0 Å². The summed E-state index contributed by atoms with van der Waals surface area (Å²) in [6.45, 7) is 5.46. The Bertz CT molecular complexity index is 979. The highest BCUT2D eigenvalue weighted by Gasteiger charge is 2.23. The number of benzene rings is 2. The van der Waals surface area contributed by atoms with Crippen LogP contribution in [0.5, 0.6) is 0 Å². The molecular weight excluding hydrogens is 338 g/mol. The predicted molar refractivity (Wildman–Crippen MR) is 106 cm³/mol. The Kier molecular flexibility index (Phi) is 4.77. The number of nitrogens with zero attached hydrogens (tertiary/aromatic N) is 2. The SMILES string of the molecule is CC(=O)c1c[nH]c(C(=O)N2CCN(Cc3cccc4ccccc34)CC2)c1. The first-order valence-electron chi connectivity index (χ1n) is 9.29. The molecule has 138 valence electrons. The summed E-state index contributed by atoms with van der Waals surface area (Å²) < 4.78 is 0. The number of carbonyl (C=O) groups excluding carboxylic acids is 2. The summed E-state index contributed by atoms with van der Waals surface area (Å²) >= 11 is 0. The number of hydrogen-bond acceptors (Lipinski definition) is 3. The Balaban J connectivity index is 1.40. The molecule has 0 atom stereocenters. The molecule has 1 amide bonds. The van der Waals surface area contributed by atoms with E-state index >= 15 is 0 Å². The van der Waals surface area contributed by atoms with E-state index in [0.717, 1.165) is 19.6 Å². The third kappa shape index (κ3) is 3.64. The first-order chi connectivity index (χ1) is 13.1. The van der Waals surface area contributed by atoms with Gasteiger partial charge in [-0.05, 0) is 29.3 Å². The van der Waals surface area contributed by atoms with Gasteiger partial charge in [-0.25, -0.2) is 0 Å². The minimum Gasteiger partial charge on any atom is -0.356 e. The van der Waals surface area contributed by atoms with Gasteiger partial charge in [0, 0.05) is 44.5 Å². The summed E-state index contributed by atoms with van der Waals surface area (Å²) in [6, 6.07) is 16.5. The second kappa shape index (κ2) is 7.37. The van der Waals surface area contributed by atoms with Crippen molar-refractivity contribution in [1.82, 2.24) is 14.8 Å². The normalized spacial score (nSPS) is 15.2. The Hall–Kier alpha value is -2.92. The maximum Gasteiger partial charge on any atom is 0.270 e. The van der Waals surface area contributed by atoms with Crippen LogP contribution < -0.4 is 0 Å². The van der Waals surface area contributed by atoms with Crippen molar-refractivity contribution in [3.05, 3.63) is 71.5 Å². The molecule has 1 saturated heterocycles. The van der Waals surface area contributed by atoms with E-state index in [9.17, 15) is 9.59 Å². The van der Waals surface area contributed by atoms with Crippen molar-refractivity contribution < 1.29 is 9.59 Å². The van der Waals surface area contributed by atoms with Gasteiger partial charge in [0.15, 0.2) is 5.78 Å². The van der Waals surface area contributed by atoms with Crippen LogP contribution in [-0.2, 0) is 6.54 Å². The maximum atomic E-state index is 12.6. The molecule has 3 aromatic rings. The van der Waals surface area contributed by atoms with E-state index < -0.39 is 0 Å². The maximum absolute atomic E-state index is 12.6. The van der Waals surface area contributed by atoms with E-state index in [-0.39, 0.29) is 11.7 Å². The quantitative estimate of drug-likeness (QED) is 0.725. The highest BCUT2D eigenvalue weighted by atomic mass is 16.2. The van der Waals surface area contributed by atoms with Crippen LogP contribution >= 0.6 is 0 Å². The first kappa shape index (κ1) is 17.5. The summed E-state index contributed by atoms with van der Waals surface area (Å²) in [6.07, 6.45) is 1.60.